The van der Waals surface area contributed by atoms with Crippen molar-refractivity contribution in [3.8, 4) is 0 Å². The highest BCUT2D eigenvalue weighted by atomic mass is 16.6. The van der Waals surface area contributed by atoms with Gasteiger partial charge in [-0.15, -0.1) is 0 Å². The van der Waals surface area contributed by atoms with E-state index in [1.165, 1.54) is 25.7 Å². The largest absolute Gasteiger partial charge is 0.396 e. The lowest BCUT2D eigenvalue weighted by Crippen LogP contribution is -2.63. The van der Waals surface area contributed by atoms with Gasteiger partial charge in [-0.25, -0.2) is 0 Å². The minimum atomic E-state index is -0.292. The van der Waals surface area contributed by atoms with E-state index >= 15 is 0 Å². The fourth-order valence-corrected chi connectivity index (χ4v) is 8.28. The minimum absolute atomic E-state index is 0.0262. The first-order valence-corrected chi connectivity index (χ1v) is 11.6. The standard InChI is InChI=1S/C24H40N2O3/c1-22(2)18(26-29-13-12-25)8-11-24(4)17-7-10-23(3)9-5-6-16(23)19(17)20(28)15(14-27)21(22)24/h8,15-17,19,21,26-27H,5-7,9-14,25H2,1-4H3/t15-,16-,17-,19-,21?,23-,24+/m0/s1. The van der Waals surface area contributed by atoms with Crippen molar-refractivity contribution in [2.24, 2.45) is 51.6 Å². The van der Waals surface area contributed by atoms with Crippen LogP contribution in [0.2, 0.25) is 0 Å². The third-order valence-corrected chi connectivity index (χ3v) is 9.52. The first-order chi connectivity index (χ1) is 13.7. The Bertz CT molecular complexity index is 690. The van der Waals surface area contributed by atoms with Gasteiger partial charge < -0.3 is 10.8 Å². The van der Waals surface area contributed by atoms with Crippen LogP contribution in [-0.4, -0.2) is 30.6 Å². The van der Waals surface area contributed by atoms with Crippen molar-refractivity contribution in [1.82, 2.24) is 5.48 Å². The number of aliphatic hydroxyl groups excluding tert-OH is 1. The van der Waals surface area contributed by atoms with Crippen molar-refractivity contribution in [2.75, 3.05) is 19.8 Å². The van der Waals surface area contributed by atoms with Crippen LogP contribution in [0.3, 0.4) is 0 Å². The summed E-state index contributed by atoms with van der Waals surface area (Å²) in [6.45, 7) is 10.1. The quantitative estimate of drug-likeness (QED) is 0.483. The fraction of sp³-hybridized carbons (Fsp3) is 0.875. The molecule has 5 heteroatoms. The zero-order valence-electron chi connectivity index (χ0n) is 18.7. The number of carbonyl (C=O) groups excluding carboxylic acids is 1. The highest BCUT2D eigenvalue weighted by molar-refractivity contribution is 5.86. The molecule has 0 saturated heterocycles. The normalized spacial score (nSPS) is 45.8. The average Bonchev–Trinajstić information content (AvgIpc) is 3.07. The lowest BCUT2D eigenvalue weighted by molar-refractivity contribution is -0.176. The molecule has 0 aliphatic heterocycles. The van der Waals surface area contributed by atoms with Gasteiger partial charge in [0.2, 0.25) is 0 Å². The van der Waals surface area contributed by atoms with Gasteiger partial charge in [-0.05, 0) is 60.7 Å². The molecular formula is C24H40N2O3. The fourth-order valence-electron chi connectivity index (χ4n) is 8.28. The van der Waals surface area contributed by atoms with E-state index in [-0.39, 0.29) is 35.2 Å². The number of hydrogen-bond donors (Lipinski definition) is 3. The molecule has 4 N–H and O–H groups in total. The number of ketones is 1. The van der Waals surface area contributed by atoms with Gasteiger partial charge in [0.05, 0.1) is 13.2 Å². The minimum Gasteiger partial charge on any atom is -0.396 e. The van der Waals surface area contributed by atoms with Crippen molar-refractivity contribution < 1.29 is 14.7 Å². The van der Waals surface area contributed by atoms with Crippen molar-refractivity contribution in [3.05, 3.63) is 11.8 Å². The Morgan fingerprint density at radius 3 is 2.66 bits per heavy atom. The summed E-state index contributed by atoms with van der Waals surface area (Å²) < 4.78 is 0. The van der Waals surface area contributed by atoms with Crippen molar-refractivity contribution in [1.29, 1.82) is 0 Å². The van der Waals surface area contributed by atoms with Crippen molar-refractivity contribution in [3.63, 3.8) is 0 Å². The molecule has 4 rings (SSSR count). The molecular weight excluding hydrogens is 364 g/mol. The van der Waals surface area contributed by atoms with Gasteiger partial charge in [0.1, 0.15) is 5.78 Å². The van der Waals surface area contributed by atoms with E-state index in [2.05, 4.69) is 39.3 Å². The number of hydroxylamine groups is 1. The Morgan fingerprint density at radius 1 is 1.21 bits per heavy atom. The van der Waals surface area contributed by atoms with Crippen molar-refractivity contribution in [2.45, 2.75) is 66.2 Å². The predicted octanol–water partition coefficient (Wildman–Crippen LogP) is 3.43. The molecule has 1 unspecified atom stereocenters. The maximum absolute atomic E-state index is 13.9. The second-order valence-electron chi connectivity index (χ2n) is 11.3. The Labute approximate surface area is 175 Å². The number of nitrogens with two attached hydrogens (primary N) is 1. The van der Waals surface area contributed by atoms with Gasteiger partial charge in [-0.3, -0.25) is 15.1 Å². The summed E-state index contributed by atoms with van der Waals surface area (Å²) in [6.07, 6.45) is 9.30. The second kappa shape index (κ2) is 7.35. The zero-order chi connectivity index (χ0) is 21.0. The van der Waals surface area contributed by atoms with Gasteiger partial charge in [-0.2, -0.15) is 0 Å². The van der Waals surface area contributed by atoms with E-state index < -0.39 is 0 Å². The first-order valence-electron chi connectivity index (χ1n) is 11.6. The number of aliphatic hydroxyl groups is 1. The van der Waals surface area contributed by atoms with E-state index in [0.717, 1.165) is 18.5 Å². The maximum Gasteiger partial charge on any atom is 0.142 e. The predicted molar refractivity (Wildman–Crippen MR) is 113 cm³/mol. The van der Waals surface area contributed by atoms with Gasteiger partial charge in [0.15, 0.2) is 0 Å². The Morgan fingerprint density at radius 2 is 1.97 bits per heavy atom. The molecule has 5 nitrogen and oxygen atoms in total. The first kappa shape index (κ1) is 21.3. The van der Waals surface area contributed by atoms with Crippen molar-refractivity contribution >= 4 is 5.78 Å². The lowest BCUT2D eigenvalue weighted by Gasteiger charge is -2.64. The van der Waals surface area contributed by atoms with Crippen LogP contribution in [-0.2, 0) is 9.63 Å². The summed E-state index contributed by atoms with van der Waals surface area (Å²) in [5.41, 5.74) is 9.79. The second-order valence-corrected chi connectivity index (χ2v) is 11.3. The molecule has 0 aromatic carbocycles. The molecule has 29 heavy (non-hydrogen) atoms. The Hall–Kier alpha value is -0.910. The third-order valence-electron chi connectivity index (χ3n) is 9.52. The number of nitrogens with one attached hydrogen (secondary N) is 1. The smallest absolute Gasteiger partial charge is 0.142 e. The highest BCUT2D eigenvalue weighted by Crippen LogP contribution is 2.68. The molecule has 3 saturated carbocycles. The van der Waals surface area contributed by atoms with Crippen LogP contribution in [0, 0.1) is 45.8 Å². The number of allylic oxidation sites excluding steroid dienone is 2. The summed E-state index contributed by atoms with van der Waals surface area (Å²) >= 11 is 0. The van der Waals surface area contributed by atoms with E-state index in [9.17, 15) is 9.90 Å². The summed E-state index contributed by atoms with van der Waals surface area (Å²) in [5, 5.41) is 10.4. The monoisotopic (exact) mass is 404 g/mol. The molecule has 7 atom stereocenters. The maximum atomic E-state index is 13.9. The van der Waals surface area contributed by atoms with Gasteiger partial charge in [0.25, 0.3) is 0 Å². The van der Waals surface area contributed by atoms with Crippen LogP contribution >= 0.6 is 0 Å². The van der Waals surface area contributed by atoms with Crippen LogP contribution in [0.4, 0.5) is 0 Å². The SMILES string of the molecule is CC1(C)C(NOCCN)=CC[C@@]2(C)C1[C@@H](CO)C(=O)[C@H]1[C@@H]3CCC[C@@]3(C)CC[C@@H]12. The zero-order valence-corrected chi connectivity index (χ0v) is 18.7. The summed E-state index contributed by atoms with van der Waals surface area (Å²) in [5.74, 6) is 1.20. The lowest BCUT2D eigenvalue weighted by atomic mass is 9.40. The average molecular weight is 405 g/mol. The molecule has 0 heterocycles. The molecule has 0 radical (unpaired) electrons. The Balaban J connectivity index is 1.73. The molecule has 0 bridgehead atoms. The summed E-state index contributed by atoms with van der Waals surface area (Å²) in [7, 11) is 0. The molecule has 0 spiro atoms. The molecule has 4 aliphatic rings. The highest BCUT2D eigenvalue weighted by Gasteiger charge is 2.66. The molecule has 3 fully saturated rings. The third kappa shape index (κ3) is 3.02. The van der Waals surface area contributed by atoms with E-state index in [1.807, 2.05) is 0 Å². The number of rotatable bonds is 5. The number of fused-ring (bicyclic) bond motifs is 5. The molecule has 0 aromatic rings. The molecule has 0 aromatic heterocycles. The van der Waals surface area contributed by atoms with Crippen LogP contribution in [0.25, 0.3) is 0 Å². The molecule has 4 aliphatic carbocycles. The number of Topliss-reactive ketones (excluding diaryl/α,β-unsaturated/α-hetero) is 1. The van der Waals surface area contributed by atoms with E-state index in [4.69, 9.17) is 10.6 Å². The van der Waals surface area contributed by atoms with Gasteiger partial charge in [-0.1, -0.05) is 40.2 Å². The summed E-state index contributed by atoms with van der Waals surface area (Å²) in [6, 6.07) is 0. The number of carbonyl (C=O) groups is 1. The van der Waals surface area contributed by atoms with Gasteiger partial charge >= 0.3 is 0 Å². The van der Waals surface area contributed by atoms with E-state index in [0.29, 0.717) is 36.2 Å². The van der Waals surface area contributed by atoms with E-state index in [1.54, 1.807) is 0 Å². The van der Waals surface area contributed by atoms with Gasteiger partial charge in [0, 0.05) is 29.5 Å². The van der Waals surface area contributed by atoms with Crippen LogP contribution in [0.15, 0.2) is 11.8 Å². The Kier molecular flexibility index (Phi) is 5.40. The summed E-state index contributed by atoms with van der Waals surface area (Å²) in [4.78, 5) is 19.4. The van der Waals surface area contributed by atoms with Crippen LogP contribution in [0.1, 0.15) is 66.2 Å². The van der Waals surface area contributed by atoms with Crippen LogP contribution in [0.5, 0.6) is 0 Å². The topological polar surface area (TPSA) is 84.6 Å². The molecule has 0 amide bonds. The van der Waals surface area contributed by atoms with Crippen LogP contribution < -0.4 is 11.2 Å². The molecule has 164 valence electrons. The number of hydrogen-bond acceptors (Lipinski definition) is 5.